The van der Waals surface area contributed by atoms with E-state index in [0.29, 0.717) is 6.04 Å². The first-order chi connectivity index (χ1) is 11.1. The summed E-state index contributed by atoms with van der Waals surface area (Å²) >= 11 is 1.80. The largest absolute Gasteiger partial charge is 0.315 e. The fraction of sp³-hybridized carbons (Fsp3) is 0.579. The maximum absolute atomic E-state index is 4.99. The smallest absolute Gasteiger partial charge is 0.164 e. The number of amidine groups is 1. The minimum atomic E-state index is 0.495. The van der Waals surface area contributed by atoms with Crippen molar-refractivity contribution in [1.82, 2.24) is 4.90 Å². The Hall–Kier alpha value is -1.29. The molecule has 1 fully saturated rings. The molecule has 1 saturated carbocycles. The van der Waals surface area contributed by atoms with Crippen molar-refractivity contribution in [2.75, 3.05) is 12.8 Å². The van der Waals surface area contributed by atoms with Crippen LogP contribution in [0.2, 0.25) is 0 Å². The van der Waals surface area contributed by atoms with Gasteiger partial charge in [0.2, 0.25) is 0 Å². The molecule has 0 heterocycles. The van der Waals surface area contributed by atoms with Crippen LogP contribution in [-0.2, 0) is 0 Å². The molecule has 0 N–H and O–H groups in total. The first-order valence-electron chi connectivity index (χ1n) is 8.65. The number of benzene rings is 1. The zero-order valence-corrected chi connectivity index (χ0v) is 15.7. The van der Waals surface area contributed by atoms with Crippen LogP contribution < -0.4 is 0 Å². The fourth-order valence-electron chi connectivity index (χ4n) is 2.87. The van der Waals surface area contributed by atoms with Gasteiger partial charge in [0, 0.05) is 7.05 Å². The van der Waals surface area contributed by atoms with Crippen LogP contribution in [-0.4, -0.2) is 35.2 Å². The third-order valence-electron chi connectivity index (χ3n) is 4.17. The normalized spacial score (nSPS) is 17.0. The van der Waals surface area contributed by atoms with Crippen molar-refractivity contribution in [1.29, 1.82) is 0 Å². The lowest BCUT2D eigenvalue weighted by atomic mass is 9.96. The summed E-state index contributed by atoms with van der Waals surface area (Å²) in [6, 6.07) is 6.86. The van der Waals surface area contributed by atoms with Crippen molar-refractivity contribution in [2.45, 2.75) is 58.9 Å². The van der Waals surface area contributed by atoms with Gasteiger partial charge in [0.25, 0.3) is 0 Å². The van der Waals surface area contributed by atoms with Gasteiger partial charge in [-0.25, -0.2) is 4.99 Å². The standard InChI is InChI=1S/C19H29N3S/c1-5-23-19(21-17-9-7-6-8-10-17)22(4)14-20-18-12-11-15(2)13-16(18)3/h11-14,17H,5-10H2,1-4H3. The Morgan fingerprint density at radius 1 is 1.26 bits per heavy atom. The van der Waals surface area contributed by atoms with E-state index < -0.39 is 0 Å². The van der Waals surface area contributed by atoms with Gasteiger partial charge in [-0.2, -0.15) is 0 Å². The van der Waals surface area contributed by atoms with Gasteiger partial charge in [0.1, 0.15) is 0 Å². The van der Waals surface area contributed by atoms with Gasteiger partial charge in [0.05, 0.1) is 18.1 Å². The lowest BCUT2D eigenvalue weighted by molar-refractivity contribution is 0.441. The molecule has 3 nitrogen and oxygen atoms in total. The molecule has 23 heavy (non-hydrogen) atoms. The maximum Gasteiger partial charge on any atom is 0.164 e. The molecule has 0 saturated heterocycles. The summed E-state index contributed by atoms with van der Waals surface area (Å²) in [6.07, 6.45) is 8.37. The van der Waals surface area contributed by atoms with Crippen LogP contribution in [0, 0.1) is 13.8 Å². The molecule has 0 aliphatic heterocycles. The molecule has 0 radical (unpaired) electrons. The number of rotatable bonds is 4. The summed E-state index contributed by atoms with van der Waals surface area (Å²) in [5, 5.41) is 1.09. The molecule has 4 heteroatoms. The van der Waals surface area contributed by atoms with Crippen LogP contribution >= 0.6 is 11.8 Å². The third kappa shape index (κ3) is 5.69. The highest BCUT2D eigenvalue weighted by Crippen LogP contribution is 2.23. The van der Waals surface area contributed by atoms with Crippen LogP contribution in [0.4, 0.5) is 5.69 Å². The first-order valence-corrected chi connectivity index (χ1v) is 9.63. The van der Waals surface area contributed by atoms with E-state index in [0.717, 1.165) is 16.6 Å². The van der Waals surface area contributed by atoms with Crippen molar-refractivity contribution in [2.24, 2.45) is 9.98 Å². The van der Waals surface area contributed by atoms with Crippen molar-refractivity contribution in [3.63, 3.8) is 0 Å². The lowest BCUT2D eigenvalue weighted by Gasteiger charge is -2.22. The van der Waals surface area contributed by atoms with Crippen molar-refractivity contribution >= 4 is 29.0 Å². The molecule has 0 unspecified atom stereocenters. The Kier molecular flexibility index (Phi) is 7.15. The van der Waals surface area contributed by atoms with Crippen LogP contribution in [0.1, 0.15) is 50.2 Å². The van der Waals surface area contributed by atoms with Gasteiger partial charge in [-0.1, -0.05) is 55.6 Å². The van der Waals surface area contributed by atoms with Crippen LogP contribution in [0.3, 0.4) is 0 Å². The lowest BCUT2D eigenvalue weighted by Crippen LogP contribution is -2.25. The van der Waals surface area contributed by atoms with E-state index in [-0.39, 0.29) is 0 Å². The fourth-order valence-corrected chi connectivity index (χ4v) is 3.61. The molecule has 2 rings (SSSR count). The highest BCUT2D eigenvalue weighted by atomic mass is 32.2. The van der Waals surface area contributed by atoms with Gasteiger partial charge in [-0.3, -0.25) is 4.99 Å². The number of aliphatic imine (C=N–C) groups is 2. The van der Waals surface area contributed by atoms with Crippen molar-refractivity contribution in [3.8, 4) is 0 Å². The molecule has 0 bridgehead atoms. The van der Waals surface area contributed by atoms with Gasteiger partial charge in [-0.15, -0.1) is 0 Å². The van der Waals surface area contributed by atoms with Gasteiger partial charge < -0.3 is 4.90 Å². The van der Waals surface area contributed by atoms with Crippen LogP contribution in [0.25, 0.3) is 0 Å². The summed E-state index contributed by atoms with van der Waals surface area (Å²) < 4.78 is 0. The molecule has 1 aromatic carbocycles. The molecule has 0 aromatic heterocycles. The SMILES string of the molecule is CCSC(=NC1CCCCC1)N(C)C=Nc1ccc(C)cc1C. The zero-order chi connectivity index (χ0) is 16.7. The summed E-state index contributed by atoms with van der Waals surface area (Å²) in [6.45, 7) is 6.40. The zero-order valence-electron chi connectivity index (χ0n) is 14.9. The number of hydrogen-bond donors (Lipinski definition) is 0. The van der Waals surface area contributed by atoms with E-state index in [1.54, 1.807) is 11.8 Å². The number of nitrogens with zero attached hydrogens (tertiary/aromatic N) is 3. The number of aryl methyl sites for hydroxylation is 2. The molecule has 1 aliphatic rings. The average Bonchev–Trinajstić information content (AvgIpc) is 2.54. The highest BCUT2D eigenvalue weighted by molar-refractivity contribution is 8.13. The summed E-state index contributed by atoms with van der Waals surface area (Å²) in [4.78, 5) is 11.7. The second-order valence-electron chi connectivity index (χ2n) is 6.28. The van der Waals surface area contributed by atoms with E-state index >= 15 is 0 Å². The molecule has 0 spiro atoms. The third-order valence-corrected chi connectivity index (χ3v) is 5.11. The van der Waals surface area contributed by atoms with Crippen molar-refractivity contribution in [3.05, 3.63) is 29.3 Å². The topological polar surface area (TPSA) is 28.0 Å². The Morgan fingerprint density at radius 3 is 2.65 bits per heavy atom. The van der Waals surface area contributed by atoms with Gasteiger partial charge in [0.15, 0.2) is 5.17 Å². The second-order valence-corrected chi connectivity index (χ2v) is 7.51. The van der Waals surface area contributed by atoms with Gasteiger partial charge >= 0.3 is 0 Å². The Balaban J connectivity index is 2.08. The number of thioether (sulfide) groups is 1. The molecule has 126 valence electrons. The van der Waals surface area contributed by atoms with E-state index in [4.69, 9.17) is 4.99 Å². The van der Waals surface area contributed by atoms with E-state index in [2.05, 4.69) is 55.9 Å². The molecule has 1 aromatic rings. The van der Waals surface area contributed by atoms with Gasteiger partial charge in [-0.05, 0) is 44.1 Å². The van der Waals surface area contributed by atoms with Crippen molar-refractivity contribution < 1.29 is 0 Å². The minimum Gasteiger partial charge on any atom is -0.315 e. The minimum absolute atomic E-state index is 0.495. The summed E-state index contributed by atoms with van der Waals surface area (Å²) in [5.74, 6) is 1.04. The monoisotopic (exact) mass is 331 g/mol. The summed E-state index contributed by atoms with van der Waals surface area (Å²) in [7, 11) is 2.05. The average molecular weight is 332 g/mol. The summed E-state index contributed by atoms with van der Waals surface area (Å²) in [5.41, 5.74) is 3.51. The van der Waals surface area contributed by atoms with E-state index in [9.17, 15) is 0 Å². The van der Waals surface area contributed by atoms with Crippen LogP contribution in [0.5, 0.6) is 0 Å². The highest BCUT2D eigenvalue weighted by Gasteiger charge is 2.14. The molecule has 1 aliphatic carbocycles. The van der Waals surface area contributed by atoms with Crippen LogP contribution in [0.15, 0.2) is 28.2 Å². The van der Waals surface area contributed by atoms with E-state index in [1.807, 2.05) is 6.34 Å². The Labute approximate surface area is 145 Å². The predicted octanol–water partition coefficient (Wildman–Crippen LogP) is 5.34. The maximum atomic E-state index is 4.99. The Morgan fingerprint density at radius 2 is 2.00 bits per heavy atom. The molecule has 0 amide bonds. The second kappa shape index (κ2) is 9.11. The molecular weight excluding hydrogens is 302 g/mol. The molecule has 0 atom stereocenters. The predicted molar refractivity (Wildman–Crippen MR) is 104 cm³/mol. The molecular formula is C19H29N3S. The Bertz CT molecular complexity index is 560. The quantitative estimate of drug-likeness (QED) is 0.550. The number of hydrogen-bond acceptors (Lipinski definition) is 3. The first kappa shape index (κ1) is 18.1. The van der Waals surface area contributed by atoms with E-state index in [1.165, 1.54) is 43.2 Å².